The van der Waals surface area contributed by atoms with Crippen LogP contribution in [0, 0.1) is 0 Å². The molecule has 0 spiro atoms. The minimum Gasteiger partial charge on any atom is -0.457 e. The van der Waals surface area contributed by atoms with Crippen molar-refractivity contribution >= 4 is 33.2 Å². The van der Waals surface area contributed by atoms with Crippen LogP contribution in [0.5, 0.6) is 0 Å². The third-order valence-corrected chi connectivity index (χ3v) is 3.78. The zero-order chi connectivity index (χ0) is 13.2. The minimum absolute atomic E-state index is 0.177. The molecule has 0 radical (unpaired) electrons. The maximum absolute atomic E-state index is 12.0. The van der Waals surface area contributed by atoms with Gasteiger partial charge in [-0.25, -0.2) is 0 Å². The zero-order valence-electron chi connectivity index (χ0n) is 10.2. The number of anilines is 2. The highest BCUT2D eigenvalue weighted by molar-refractivity contribution is 9.10. The lowest BCUT2D eigenvalue weighted by Gasteiger charge is -2.18. The van der Waals surface area contributed by atoms with Gasteiger partial charge in [-0.3, -0.25) is 4.79 Å². The molecule has 1 aliphatic rings. The Morgan fingerprint density at radius 1 is 1.37 bits per heavy atom. The van der Waals surface area contributed by atoms with Gasteiger partial charge in [0.25, 0.3) is 5.91 Å². The van der Waals surface area contributed by atoms with Gasteiger partial charge in [-0.15, -0.1) is 0 Å². The van der Waals surface area contributed by atoms with Crippen LogP contribution in [0.15, 0.2) is 39.6 Å². The van der Waals surface area contributed by atoms with Crippen molar-refractivity contribution < 1.29 is 9.21 Å². The van der Waals surface area contributed by atoms with E-state index in [0.717, 1.165) is 30.8 Å². The summed E-state index contributed by atoms with van der Waals surface area (Å²) in [5.74, 6) is -0.177. The van der Waals surface area contributed by atoms with Crippen molar-refractivity contribution in [3.63, 3.8) is 0 Å². The number of benzene rings is 1. The second-order valence-corrected chi connectivity index (χ2v) is 5.18. The predicted octanol–water partition coefficient (Wildman–Crippen LogP) is 3.65. The molecule has 0 saturated carbocycles. The SMILES string of the molecule is O=C(Nc1ccc2c(c1)CCCN2)c1ccoc1Br. The lowest BCUT2D eigenvalue weighted by molar-refractivity contribution is 0.102. The molecule has 3 rings (SSSR count). The van der Waals surface area contributed by atoms with Gasteiger partial charge in [0.05, 0.1) is 11.8 Å². The van der Waals surface area contributed by atoms with E-state index < -0.39 is 0 Å². The maximum Gasteiger partial charge on any atom is 0.260 e. The van der Waals surface area contributed by atoms with E-state index in [-0.39, 0.29) is 5.91 Å². The van der Waals surface area contributed by atoms with Crippen molar-refractivity contribution in [2.24, 2.45) is 0 Å². The van der Waals surface area contributed by atoms with Crippen LogP contribution in [0.4, 0.5) is 11.4 Å². The summed E-state index contributed by atoms with van der Waals surface area (Å²) >= 11 is 3.20. The molecule has 0 atom stereocenters. The van der Waals surface area contributed by atoms with Crippen molar-refractivity contribution in [2.75, 3.05) is 17.2 Å². The van der Waals surface area contributed by atoms with Gasteiger partial charge in [-0.2, -0.15) is 0 Å². The first kappa shape index (κ1) is 12.3. The van der Waals surface area contributed by atoms with E-state index in [1.165, 1.54) is 11.8 Å². The predicted molar refractivity (Wildman–Crippen MR) is 77.6 cm³/mol. The molecule has 4 nitrogen and oxygen atoms in total. The fourth-order valence-corrected chi connectivity index (χ4v) is 2.63. The number of furan rings is 1. The first-order valence-corrected chi connectivity index (χ1v) is 6.94. The number of rotatable bonds is 2. The summed E-state index contributed by atoms with van der Waals surface area (Å²) in [5.41, 5.74) is 3.71. The van der Waals surface area contributed by atoms with Gasteiger partial charge >= 0.3 is 0 Å². The van der Waals surface area contributed by atoms with Crippen molar-refractivity contribution in [3.8, 4) is 0 Å². The second kappa shape index (κ2) is 5.09. The molecule has 2 heterocycles. The first-order chi connectivity index (χ1) is 9.24. The molecule has 5 heteroatoms. The topological polar surface area (TPSA) is 54.3 Å². The standard InChI is InChI=1S/C14H13BrN2O2/c15-13-11(5-7-19-13)14(18)17-10-3-4-12-9(8-10)2-1-6-16-12/h3-5,7-8,16H,1-2,6H2,(H,17,18). The van der Waals surface area contributed by atoms with E-state index in [2.05, 4.69) is 26.6 Å². The molecule has 1 amide bonds. The maximum atomic E-state index is 12.0. The summed E-state index contributed by atoms with van der Waals surface area (Å²) in [5, 5.41) is 6.22. The zero-order valence-corrected chi connectivity index (χ0v) is 11.8. The Balaban J connectivity index is 1.80. The molecule has 19 heavy (non-hydrogen) atoms. The van der Waals surface area contributed by atoms with Crippen molar-refractivity contribution in [2.45, 2.75) is 12.8 Å². The van der Waals surface area contributed by atoms with E-state index in [1.54, 1.807) is 6.07 Å². The molecule has 2 N–H and O–H groups in total. The summed E-state index contributed by atoms with van der Waals surface area (Å²) in [4.78, 5) is 12.0. The molecule has 1 aliphatic heterocycles. The minimum atomic E-state index is -0.177. The van der Waals surface area contributed by atoms with E-state index in [9.17, 15) is 4.79 Å². The van der Waals surface area contributed by atoms with Crippen LogP contribution in [-0.4, -0.2) is 12.5 Å². The quantitative estimate of drug-likeness (QED) is 0.888. The molecule has 1 aromatic heterocycles. The lowest BCUT2D eigenvalue weighted by Crippen LogP contribution is -2.14. The normalized spacial score (nSPS) is 13.5. The Bertz CT molecular complexity index is 622. The highest BCUT2D eigenvalue weighted by atomic mass is 79.9. The van der Waals surface area contributed by atoms with Crippen LogP contribution < -0.4 is 10.6 Å². The number of amides is 1. The van der Waals surface area contributed by atoms with E-state index >= 15 is 0 Å². The fourth-order valence-electron chi connectivity index (χ4n) is 2.21. The number of aryl methyl sites for hydroxylation is 1. The number of halogens is 1. The average Bonchev–Trinajstić information content (AvgIpc) is 2.85. The van der Waals surface area contributed by atoms with Crippen molar-refractivity contribution in [1.29, 1.82) is 0 Å². The molecule has 0 unspecified atom stereocenters. The summed E-state index contributed by atoms with van der Waals surface area (Å²) < 4.78 is 5.51. The molecule has 0 fully saturated rings. The van der Waals surface area contributed by atoms with Crippen LogP contribution in [0.3, 0.4) is 0 Å². The summed E-state index contributed by atoms with van der Waals surface area (Å²) in [6.45, 7) is 1.01. The highest BCUT2D eigenvalue weighted by Gasteiger charge is 2.14. The monoisotopic (exact) mass is 320 g/mol. The number of carbonyl (C=O) groups is 1. The van der Waals surface area contributed by atoms with Gasteiger partial charge in [-0.05, 0) is 58.6 Å². The lowest BCUT2D eigenvalue weighted by atomic mass is 10.0. The van der Waals surface area contributed by atoms with Gasteiger partial charge in [0.1, 0.15) is 0 Å². The van der Waals surface area contributed by atoms with Crippen molar-refractivity contribution in [3.05, 3.63) is 46.3 Å². The van der Waals surface area contributed by atoms with E-state index in [0.29, 0.717) is 10.2 Å². The number of fused-ring (bicyclic) bond motifs is 1. The molecule has 1 aromatic carbocycles. The molecule has 2 aromatic rings. The Labute approximate surface area is 119 Å². The Hall–Kier alpha value is -1.75. The average molecular weight is 321 g/mol. The molecular weight excluding hydrogens is 308 g/mol. The van der Waals surface area contributed by atoms with Gasteiger partial charge in [-0.1, -0.05) is 0 Å². The Kier molecular flexibility index (Phi) is 3.29. The second-order valence-electron chi connectivity index (χ2n) is 4.46. The summed E-state index contributed by atoms with van der Waals surface area (Å²) in [6.07, 6.45) is 3.65. The van der Waals surface area contributed by atoms with E-state index in [1.807, 2.05) is 18.2 Å². The number of hydrogen-bond acceptors (Lipinski definition) is 3. The number of carbonyl (C=O) groups excluding carboxylic acids is 1. The summed E-state index contributed by atoms with van der Waals surface area (Å²) in [6, 6.07) is 7.57. The van der Waals surface area contributed by atoms with Crippen LogP contribution in [0.2, 0.25) is 0 Å². The van der Waals surface area contributed by atoms with Crippen molar-refractivity contribution in [1.82, 2.24) is 0 Å². The first-order valence-electron chi connectivity index (χ1n) is 6.15. The third-order valence-electron chi connectivity index (χ3n) is 3.16. The molecule has 0 saturated heterocycles. The molecule has 0 bridgehead atoms. The van der Waals surface area contributed by atoms with E-state index in [4.69, 9.17) is 4.42 Å². The number of hydrogen-bond donors (Lipinski definition) is 2. The number of nitrogens with one attached hydrogen (secondary N) is 2. The largest absolute Gasteiger partial charge is 0.457 e. The smallest absolute Gasteiger partial charge is 0.260 e. The fraction of sp³-hybridized carbons (Fsp3) is 0.214. The van der Waals surface area contributed by atoms with Gasteiger partial charge < -0.3 is 15.1 Å². The summed E-state index contributed by atoms with van der Waals surface area (Å²) in [7, 11) is 0. The highest BCUT2D eigenvalue weighted by Crippen LogP contribution is 2.26. The van der Waals surface area contributed by atoms with Crippen LogP contribution >= 0.6 is 15.9 Å². The van der Waals surface area contributed by atoms with Gasteiger partial charge in [0.2, 0.25) is 0 Å². The van der Waals surface area contributed by atoms with Crippen LogP contribution in [-0.2, 0) is 6.42 Å². The van der Waals surface area contributed by atoms with Gasteiger partial charge in [0.15, 0.2) is 4.67 Å². The Morgan fingerprint density at radius 3 is 3.05 bits per heavy atom. The molecule has 98 valence electrons. The Morgan fingerprint density at radius 2 is 2.26 bits per heavy atom. The molecule has 0 aliphatic carbocycles. The third kappa shape index (κ3) is 2.51. The molecular formula is C14H13BrN2O2. The van der Waals surface area contributed by atoms with Crippen LogP contribution in [0.1, 0.15) is 22.3 Å². The van der Waals surface area contributed by atoms with Crippen LogP contribution in [0.25, 0.3) is 0 Å². The van der Waals surface area contributed by atoms with Gasteiger partial charge in [0, 0.05) is 17.9 Å².